The largest absolute Gasteiger partial charge is 0.0767 e. The van der Waals surface area contributed by atoms with Crippen molar-refractivity contribution in [3.8, 4) is 0 Å². The van der Waals surface area contributed by atoms with Crippen LogP contribution in [0.15, 0.2) is 17.7 Å². The molecule has 0 aromatic heterocycles. The van der Waals surface area contributed by atoms with E-state index in [9.17, 15) is 0 Å². The van der Waals surface area contributed by atoms with Crippen LogP contribution in [-0.2, 0) is 0 Å². The maximum absolute atomic E-state index is 3.16. The fraction of sp³-hybridized carbons (Fsp3) is 0.636. The molecular formula is C11H19. The molecule has 63 valence electrons. The smallest absolute Gasteiger partial charge is 0.0228 e. The molecule has 0 amide bonds. The van der Waals surface area contributed by atoms with E-state index in [1.807, 2.05) is 6.08 Å². The molecule has 0 aliphatic rings. The summed E-state index contributed by atoms with van der Waals surface area (Å²) >= 11 is 0. The normalized spacial score (nSPS) is 10.5. The van der Waals surface area contributed by atoms with Gasteiger partial charge >= 0.3 is 0 Å². The molecule has 0 aliphatic heterocycles. The summed E-state index contributed by atoms with van der Waals surface area (Å²) in [7, 11) is 0. The van der Waals surface area contributed by atoms with Gasteiger partial charge < -0.3 is 0 Å². The Bertz CT molecular complexity index is 125. The number of allylic oxidation sites excluding steroid dienone is 4. The monoisotopic (exact) mass is 151 g/mol. The Hall–Kier alpha value is -0.520. The maximum Gasteiger partial charge on any atom is -0.0228 e. The van der Waals surface area contributed by atoms with Gasteiger partial charge in [-0.1, -0.05) is 37.5 Å². The number of hydrogen-bond donors (Lipinski definition) is 0. The predicted octanol–water partition coefficient (Wildman–Crippen LogP) is 3.89. The number of hydrogen-bond acceptors (Lipinski definition) is 0. The van der Waals surface area contributed by atoms with Crippen LogP contribution >= 0.6 is 0 Å². The van der Waals surface area contributed by atoms with Gasteiger partial charge in [-0.05, 0) is 32.8 Å². The van der Waals surface area contributed by atoms with Gasteiger partial charge in [-0.15, -0.1) is 0 Å². The van der Waals surface area contributed by atoms with Gasteiger partial charge in [0.25, 0.3) is 0 Å². The average molecular weight is 151 g/mol. The Balaban J connectivity index is 3.23. The molecule has 0 fully saturated rings. The van der Waals surface area contributed by atoms with Gasteiger partial charge in [-0.25, -0.2) is 0 Å². The third kappa shape index (κ3) is 9.48. The Kier molecular flexibility index (Phi) is 7.23. The van der Waals surface area contributed by atoms with Gasteiger partial charge in [-0.3, -0.25) is 0 Å². The summed E-state index contributed by atoms with van der Waals surface area (Å²) in [5.41, 5.74) is 1.32. The van der Waals surface area contributed by atoms with E-state index in [4.69, 9.17) is 0 Å². The van der Waals surface area contributed by atoms with Crippen molar-refractivity contribution in [2.45, 2.75) is 46.5 Å². The van der Waals surface area contributed by atoms with Crippen molar-refractivity contribution in [1.29, 1.82) is 0 Å². The summed E-state index contributed by atoms with van der Waals surface area (Å²) in [6.45, 7) is 6.41. The lowest BCUT2D eigenvalue weighted by Gasteiger charge is -1.89. The standard InChI is InChI=1S/C11H19/c1-4-5-6-7-8-9-10-11(2)3/h8,10H,4-7H2,1-3H3. The van der Waals surface area contributed by atoms with Crippen LogP contribution in [0.3, 0.4) is 0 Å². The van der Waals surface area contributed by atoms with Crippen molar-refractivity contribution in [3.63, 3.8) is 0 Å². The Morgan fingerprint density at radius 3 is 2.55 bits per heavy atom. The third-order valence-electron chi connectivity index (χ3n) is 1.44. The first-order chi connectivity index (χ1) is 5.27. The molecule has 0 aliphatic carbocycles. The van der Waals surface area contributed by atoms with E-state index >= 15 is 0 Å². The summed E-state index contributed by atoms with van der Waals surface area (Å²) in [5, 5.41) is 0. The van der Waals surface area contributed by atoms with Crippen molar-refractivity contribution in [2.24, 2.45) is 0 Å². The SMILES string of the molecule is CCCCC/C=[C]/C=C(C)C. The lowest BCUT2D eigenvalue weighted by Crippen LogP contribution is -1.70. The lowest BCUT2D eigenvalue weighted by atomic mass is 10.2. The maximum atomic E-state index is 3.16. The first kappa shape index (κ1) is 10.5. The fourth-order valence-corrected chi connectivity index (χ4v) is 0.805. The quantitative estimate of drug-likeness (QED) is 0.413. The van der Waals surface area contributed by atoms with Gasteiger partial charge in [0.15, 0.2) is 0 Å². The van der Waals surface area contributed by atoms with Gasteiger partial charge in [0.1, 0.15) is 0 Å². The predicted molar refractivity (Wildman–Crippen MR) is 51.4 cm³/mol. The van der Waals surface area contributed by atoms with Crippen LogP contribution in [0.5, 0.6) is 0 Å². The molecule has 0 saturated heterocycles. The second-order valence-corrected chi connectivity index (χ2v) is 3.09. The van der Waals surface area contributed by atoms with Crippen LogP contribution in [0.25, 0.3) is 0 Å². The molecule has 0 heteroatoms. The van der Waals surface area contributed by atoms with E-state index in [2.05, 4.69) is 32.9 Å². The molecule has 0 rings (SSSR count). The third-order valence-corrected chi connectivity index (χ3v) is 1.44. The van der Waals surface area contributed by atoms with E-state index < -0.39 is 0 Å². The zero-order chi connectivity index (χ0) is 8.53. The lowest BCUT2D eigenvalue weighted by molar-refractivity contribution is 0.728. The molecule has 0 atom stereocenters. The summed E-state index contributed by atoms with van der Waals surface area (Å²) in [4.78, 5) is 0. The molecule has 0 spiro atoms. The molecule has 0 nitrogen and oxygen atoms in total. The molecule has 0 saturated carbocycles. The Morgan fingerprint density at radius 1 is 1.27 bits per heavy atom. The summed E-state index contributed by atoms with van der Waals surface area (Å²) in [6.07, 6.45) is 12.4. The van der Waals surface area contributed by atoms with Crippen LogP contribution in [0, 0.1) is 6.08 Å². The minimum absolute atomic E-state index is 1.18. The van der Waals surface area contributed by atoms with Crippen LogP contribution in [0.2, 0.25) is 0 Å². The van der Waals surface area contributed by atoms with E-state index in [1.54, 1.807) is 0 Å². The highest BCUT2D eigenvalue weighted by molar-refractivity contribution is 5.02. The molecular weight excluding hydrogens is 132 g/mol. The van der Waals surface area contributed by atoms with Crippen LogP contribution in [-0.4, -0.2) is 0 Å². The molecule has 0 bridgehead atoms. The highest BCUT2D eigenvalue weighted by Crippen LogP contribution is 1.99. The zero-order valence-corrected chi connectivity index (χ0v) is 7.98. The Morgan fingerprint density at radius 2 is 2.00 bits per heavy atom. The van der Waals surface area contributed by atoms with Gasteiger partial charge in [0.2, 0.25) is 0 Å². The van der Waals surface area contributed by atoms with E-state index in [-0.39, 0.29) is 0 Å². The minimum atomic E-state index is 1.18. The van der Waals surface area contributed by atoms with Crippen molar-refractivity contribution >= 4 is 0 Å². The number of rotatable bonds is 5. The molecule has 1 radical (unpaired) electrons. The van der Waals surface area contributed by atoms with E-state index in [1.165, 1.54) is 31.3 Å². The van der Waals surface area contributed by atoms with Gasteiger partial charge in [-0.2, -0.15) is 0 Å². The Labute approximate surface area is 71.0 Å². The molecule has 0 heterocycles. The van der Waals surface area contributed by atoms with Crippen molar-refractivity contribution in [3.05, 3.63) is 23.8 Å². The van der Waals surface area contributed by atoms with Crippen molar-refractivity contribution in [1.82, 2.24) is 0 Å². The summed E-state index contributed by atoms with van der Waals surface area (Å²) in [5.74, 6) is 0. The summed E-state index contributed by atoms with van der Waals surface area (Å²) in [6, 6.07) is 0. The number of unbranched alkanes of at least 4 members (excludes halogenated alkanes) is 3. The second-order valence-electron chi connectivity index (χ2n) is 3.09. The van der Waals surface area contributed by atoms with Gasteiger partial charge in [0.05, 0.1) is 0 Å². The fourth-order valence-electron chi connectivity index (χ4n) is 0.805. The van der Waals surface area contributed by atoms with Crippen molar-refractivity contribution in [2.75, 3.05) is 0 Å². The molecule has 0 unspecified atom stereocenters. The first-order valence-electron chi connectivity index (χ1n) is 4.48. The minimum Gasteiger partial charge on any atom is -0.0767 e. The molecule has 0 aromatic rings. The molecule has 0 N–H and O–H groups in total. The van der Waals surface area contributed by atoms with E-state index in [0.717, 1.165) is 0 Å². The molecule has 11 heavy (non-hydrogen) atoms. The van der Waals surface area contributed by atoms with Gasteiger partial charge in [0, 0.05) is 0 Å². The first-order valence-corrected chi connectivity index (χ1v) is 4.48. The second kappa shape index (κ2) is 7.59. The van der Waals surface area contributed by atoms with E-state index in [0.29, 0.717) is 0 Å². The highest BCUT2D eigenvalue weighted by Gasteiger charge is 1.80. The zero-order valence-electron chi connectivity index (χ0n) is 7.98. The topological polar surface area (TPSA) is 0 Å². The highest BCUT2D eigenvalue weighted by atomic mass is 13.9. The van der Waals surface area contributed by atoms with Crippen LogP contribution < -0.4 is 0 Å². The van der Waals surface area contributed by atoms with Crippen molar-refractivity contribution < 1.29 is 0 Å². The average Bonchev–Trinajstić information content (AvgIpc) is 1.96. The van der Waals surface area contributed by atoms with Crippen LogP contribution in [0.4, 0.5) is 0 Å². The van der Waals surface area contributed by atoms with Crippen LogP contribution in [0.1, 0.15) is 46.5 Å². The summed E-state index contributed by atoms with van der Waals surface area (Å²) < 4.78 is 0. The molecule has 0 aromatic carbocycles.